The summed E-state index contributed by atoms with van der Waals surface area (Å²) in [7, 11) is 3.03. The van der Waals surface area contributed by atoms with Gasteiger partial charge in [-0.05, 0) is 36.4 Å². The predicted molar refractivity (Wildman–Crippen MR) is 87.7 cm³/mol. The number of halogens is 3. The maximum absolute atomic E-state index is 13.2. The molecule has 1 heterocycles. The van der Waals surface area contributed by atoms with Crippen LogP contribution in [0.2, 0.25) is 0 Å². The third-order valence-corrected chi connectivity index (χ3v) is 3.78. The Morgan fingerprint density at radius 1 is 0.800 bits per heavy atom. The van der Waals surface area contributed by atoms with Gasteiger partial charge in [0.15, 0.2) is 0 Å². The van der Waals surface area contributed by atoms with E-state index in [1.165, 1.54) is 32.4 Å². The van der Waals surface area contributed by atoms with Gasteiger partial charge in [0.05, 0.1) is 25.3 Å². The highest BCUT2D eigenvalue weighted by Gasteiger charge is 2.34. The SMILES string of the molecule is COc1ccc(OC)c(-c2ccc(-c3ccccc3C(F)(F)F)o2)c1. The second-order valence-electron chi connectivity index (χ2n) is 5.27. The molecule has 25 heavy (non-hydrogen) atoms. The van der Waals surface area contributed by atoms with Gasteiger partial charge in [-0.2, -0.15) is 13.2 Å². The van der Waals surface area contributed by atoms with Gasteiger partial charge < -0.3 is 13.9 Å². The molecule has 0 bridgehead atoms. The Labute approximate surface area is 142 Å². The average molecular weight is 348 g/mol. The molecule has 0 saturated heterocycles. The van der Waals surface area contributed by atoms with Crippen LogP contribution < -0.4 is 9.47 Å². The molecule has 1 aromatic heterocycles. The van der Waals surface area contributed by atoms with Gasteiger partial charge in [0.2, 0.25) is 0 Å². The van der Waals surface area contributed by atoms with Gasteiger partial charge in [-0.3, -0.25) is 0 Å². The van der Waals surface area contributed by atoms with Crippen LogP contribution in [-0.4, -0.2) is 14.2 Å². The fourth-order valence-corrected chi connectivity index (χ4v) is 2.58. The van der Waals surface area contributed by atoms with Crippen molar-refractivity contribution < 1.29 is 27.1 Å². The molecule has 0 fully saturated rings. The van der Waals surface area contributed by atoms with E-state index in [0.717, 1.165) is 6.07 Å². The summed E-state index contributed by atoms with van der Waals surface area (Å²) in [6, 6.07) is 13.6. The normalized spacial score (nSPS) is 11.4. The molecule has 0 unspecified atom stereocenters. The Kier molecular flexibility index (Phi) is 4.44. The largest absolute Gasteiger partial charge is 0.497 e. The molecule has 0 amide bonds. The number of benzene rings is 2. The average Bonchev–Trinajstić information content (AvgIpc) is 3.10. The zero-order valence-electron chi connectivity index (χ0n) is 13.6. The summed E-state index contributed by atoms with van der Waals surface area (Å²) in [5, 5.41) is 0. The lowest BCUT2D eigenvalue weighted by molar-refractivity contribution is -0.137. The molecule has 0 aliphatic carbocycles. The number of ether oxygens (including phenoxy) is 2. The second-order valence-corrected chi connectivity index (χ2v) is 5.27. The zero-order chi connectivity index (χ0) is 18.0. The lowest BCUT2D eigenvalue weighted by Gasteiger charge is -2.11. The van der Waals surface area contributed by atoms with Crippen LogP contribution in [-0.2, 0) is 6.18 Å². The van der Waals surface area contributed by atoms with E-state index < -0.39 is 11.7 Å². The van der Waals surface area contributed by atoms with Crippen LogP contribution in [0, 0.1) is 0 Å². The zero-order valence-corrected chi connectivity index (χ0v) is 13.6. The topological polar surface area (TPSA) is 31.6 Å². The van der Waals surface area contributed by atoms with Crippen molar-refractivity contribution in [2.24, 2.45) is 0 Å². The fraction of sp³-hybridized carbons (Fsp3) is 0.158. The summed E-state index contributed by atoms with van der Waals surface area (Å²) in [6.45, 7) is 0. The van der Waals surface area contributed by atoms with Crippen LogP contribution >= 0.6 is 0 Å². The van der Waals surface area contributed by atoms with Crippen molar-refractivity contribution in [3.63, 3.8) is 0 Å². The maximum atomic E-state index is 13.2. The molecule has 0 radical (unpaired) electrons. The summed E-state index contributed by atoms with van der Waals surface area (Å²) in [5.74, 6) is 1.64. The van der Waals surface area contributed by atoms with Crippen molar-refractivity contribution >= 4 is 0 Å². The van der Waals surface area contributed by atoms with Crippen molar-refractivity contribution in [1.29, 1.82) is 0 Å². The summed E-state index contributed by atoms with van der Waals surface area (Å²) in [6.07, 6.45) is -4.46. The van der Waals surface area contributed by atoms with E-state index in [4.69, 9.17) is 13.9 Å². The number of hydrogen-bond donors (Lipinski definition) is 0. The minimum Gasteiger partial charge on any atom is -0.497 e. The lowest BCUT2D eigenvalue weighted by Crippen LogP contribution is -2.06. The first-order valence-corrected chi connectivity index (χ1v) is 7.43. The summed E-state index contributed by atoms with van der Waals surface area (Å²) in [5.41, 5.74) is -0.158. The van der Waals surface area contributed by atoms with Crippen molar-refractivity contribution in [2.45, 2.75) is 6.18 Å². The van der Waals surface area contributed by atoms with Crippen LogP contribution in [0.3, 0.4) is 0 Å². The third-order valence-electron chi connectivity index (χ3n) is 3.78. The van der Waals surface area contributed by atoms with Gasteiger partial charge in [-0.1, -0.05) is 18.2 Å². The van der Waals surface area contributed by atoms with Crippen LogP contribution in [0.5, 0.6) is 11.5 Å². The predicted octanol–water partition coefficient (Wildman–Crippen LogP) is 5.65. The molecule has 0 spiro atoms. The fourth-order valence-electron chi connectivity index (χ4n) is 2.58. The summed E-state index contributed by atoms with van der Waals surface area (Å²) < 4.78 is 55.8. The number of furan rings is 1. The Hall–Kier alpha value is -2.89. The highest BCUT2D eigenvalue weighted by molar-refractivity contribution is 5.72. The Bertz CT molecular complexity index is 882. The van der Waals surface area contributed by atoms with Gasteiger partial charge in [-0.15, -0.1) is 0 Å². The van der Waals surface area contributed by atoms with E-state index >= 15 is 0 Å². The van der Waals surface area contributed by atoms with E-state index in [0.29, 0.717) is 22.8 Å². The lowest BCUT2D eigenvalue weighted by atomic mass is 10.1. The molecule has 6 heteroatoms. The van der Waals surface area contributed by atoms with Crippen LogP contribution in [0.15, 0.2) is 59.0 Å². The van der Waals surface area contributed by atoms with Gasteiger partial charge in [0.25, 0.3) is 0 Å². The molecule has 0 aliphatic heterocycles. The molecular weight excluding hydrogens is 333 g/mol. The van der Waals surface area contributed by atoms with Crippen LogP contribution in [0.1, 0.15) is 5.56 Å². The maximum Gasteiger partial charge on any atom is 0.417 e. The molecule has 2 aromatic carbocycles. The number of alkyl halides is 3. The molecular formula is C19H15F3O3. The number of hydrogen-bond acceptors (Lipinski definition) is 3. The number of methoxy groups -OCH3 is 2. The minimum atomic E-state index is -4.46. The van der Waals surface area contributed by atoms with E-state index in [2.05, 4.69) is 0 Å². The van der Waals surface area contributed by atoms with Crippen LogP contribution in [0.4, 0.5) is 13.2 Å². The second kappa shape index (κ2) is 6.55. The molecule has 0 atom stereocenters. The minimum absolute atomic E-state index is 0.0110. The van der Waals surface area contributed by atoms with E-state index in [9.17, 15) is 13.2 Å². The molecule has 130 valence electrons. The van der Waals surface area contributed by atoms with Gasteiger partial charge in [0.1, 0.15) is 23.0 Å². The monoisotopic (exact) mass is 348 g/mol. The smallest absolute Gasteiger partial charge is 0.417 e. The molecule has 0 N–H and O–H groups in total. The highest BCUT2D eigenvalue weighted by atomic mass is 19.4. The van der Waals surface area contributed by atoms with E-state index in [1.54, 1.807) is 30.3 Å². The molecule has 3 nitrogen and oxygen atoms in total. The quantitative estimate of drug-likeness (QED) is 0.611. The Morgan fingerprint density at radius 3 is 2.12 bits per heavy atom. The summed E-state index contributed by atoms with van der Waals surface area (Å²) >= 11 is 0. The van der Waals surface area contributed by atoms with Crippen LogP contribution in [0.25, 0.3) is 22.6 Å². The molecule has 3 aromatic rings. The van der Waals surface area contributed by atoms with Gasteiger partial charge >= 0.3 is 6.18 Å². The van der Waals surface area contributed by atoms with Crippen molar-refractivity contribution in [3.05, 3.63) is 60.2 Å². The standard InChI is InChI=1S/C19H15F3O3/c1-23-12-7-8-16(24-2)14(11-12)18-10-9-17(25-18)13-5-3-4-6-15(13)19(20,21)22/h3-11H,1-2H3. The van der Waals surface area contributed by atoms with Crippen molar-refractivity contribution in [2.75, 3.05) is 14.2 Å². The summed E-state index contributed by atoms with van der Waals surface area (Å²) in [4.78, 5) is 0. The van der Waals surface area contributed by atoms with Crippen molar-refractivity contribution in [3.8, 4) is 34.1 Å². The highest BCUT2D eigenvalue weighted by Crippen LogP contribution is 2.40. The molecule has 3 rings (SSSR count). The van der Waals surface area contributed by atoms with E-state index in [1.807, 2.05) is 0 Å². The first-order valence-electron chi connectivity index (χ1n) is 7.43. The Morgan fingerprint density at radius 2 is 1.48 bits per heavy atom. The van der Waals surface area contributed by atoms with Crippen molar-refractivity contribution in [1.82, 2.24) is 0 Å². The molecule has 0 saturated carbocycles. The third kappa shape index (κ3) is 3.33. The Balaban J connectivity index is 2.08. The molecule has 0 aliphatic rings. The van der Waals surface area contributed by atoms with Gasteiger partial charge in [0, 0.05) is 5.56 Å². The first kappa shape index (κ1) is 17.0. The number of rotatable bonds is 4. The van der Waals surface area contributed by atoms with E-state index in [-0.39, 0.29) is 11.3 Å². The first-order chi connectivity index (χ1) is 11.9. The van der Waals surface area contributed by atoms with Gasteiger partial charge in [-0.25, -0.2) is 0 Å².